The summed E-state index contributed by atoms with van der Waals surface area (Å²) in [5.74, 6) is 0.553. The Kier molecular flexibility index (Phi) is 5.58. The van der Waals surface area contributed by atoms with Crippen LogP contribution in [0.4, 0.5) is 0 Å². The predicted molar refractivity (Wildman–Crippen MR) is 70.4 cm³/mol. The van der Waals surface area contributed by atoms with Crippen LogP contribution in [-0.4, -0.2) is 42.0 Å². The summed E-state index contributed by atoms with van der Waals surface area (Å²) in [4.78, 5) is 17.5. The van der Waals surface area contributed by atoms with Crippen molar-refractivity contribution < 1.29 is 9.53 Å². The standard InChI is InChI=1S/C13H21N3O2/c1-10(2)16(3)13(17)9-18-12-5-4-11(6-7-14)15-8-12/h4-5,8,10H,6-7,9,14H2,1-3H3. The Hall–Kier alpha value is -1.62. The Bertz CT molecular complexity index is 376. The van der Waals surface area contributed by atoms with E-state index in [1.54, 1.807) is 24.2 Å². The number of amides is 1. The van der Waals surface area contributed by atoms with E-state index in [-0.39, 0.29) is 18.6 Å². The average molecular weight is 251 g/mol. The molecule has 5 nitrogen and oxygen atoms in total. The lowest BCUT2D eigenvalue weighted by atomic mass is 10.3. The van der Waals surface area contributed by atoms with Gasteiger partial charge in [-0.3, -0.25) is 9.78 Å². The quantitative estimate of drug-likeness (QED) is 0.813. The summed E-state index contributed by atoms with van der Waals surface area (Å²) < 4.78 is 5.39. The average Bonchev–Trinajstić information content (AvgIpc) is 2.37. The number of pyridine rings is 1. The van der Waals surface area contributed by atoms with Crippen molar-refractivity contribution in [2.75, 3.05) is 20.2 Å². The lowest BCUT2D eigenvalue weighted by Gasteiger charge is -2.21. The molecule has 0 bridgehead atoms. The van der Waals surface area contributed by atoms with E-state index >= 15 is 0 Å². The zero-order chi connectivity index (χ0) is 13.5. The Morgan fingerprint density at radius 1 is 1.50 bits per heavy atom. The minimum Gasteiger partial charge on any atom is -0.482 e. The maximum absolute atomic E-state index is 11.7. The van der Waals surface area contributed by atoms with Crippen LogP contribution in [0.15, 0.2) is 18.3 Å². The largest absolute Gasteiger partial charge is 0.482 e. The minimum absolute atomic E-state index is 0.0343. The number of aromatic nitrogens is 1. The van der Waals surface area contributed by atoms with Crippen molar-refractivity contribution >= 4 is 5.91 Å². The van der Waals surface area contributed by atoms with Crippen molar-refractivity contribution in [3.05, 3.63) is 24.0 Å². The van der Waals surface area contributed by atoms with Gasteiger partial charge in [0.1, 0.15) is 5.75 Å². The molecule has 1 aromatic rings. The second kappa shape index (κ2) is 6.96. The van der Waals surface area contributed by atoms with Crippen molar-refractivity contribution in [3.63, 3.8) is 0 Å². The number of ether oxygens (including phenoxy) is 1. The molecule has 0 spiro atoms. The van der Waals surface area contributed by atoms with E-state index in [1.807, 2.05) is 19.9 Å². The van der Waals surface area contributed by atoms with Crippen molar-refractivity contribution in [1.29, 1.82) is 0 Å². The number of rotatable bonds is 6. The first-order valence-electron chi connectivity index (χ1n) is 6.08. The number of hydrogen-bond acceptors (Lipinski definition) is 4. The fourth-order valence-corrected chi connectivity index (χ4v) is 1.33. The highest BCUT2D eigenvalue weighted by Crippen LogP contribution is 2.09. The van der Waals surface area contributed by atoms with E-state index < -0.39 is 0 Å². The third-order valence-electron chi connectivity index (χ3n) is 2.73. The lowest BCUT2D eigenvalue weighted by Crippen LogP contribution is -2.36. The van der Waals surface area contributed by atoms with Crippen molar-refractivity contribution in [1.82, 2.24) is 9.88 Å². The van der Waals surface area contributed by atoms with Crippen molar-refractivity contribution in [2.24, 2.45) is 5.73 Å². The van der Waals surface area contributed by atoms with Crippen molar-refractivity contribution in [3.8, 4) is 5.75 Å². The molecule has 0 aromatic carbocycles. The normalized spacial score (nSPS) is 10.5. The number of carbonyl (C=O) groups is 1. The second-order valence-electron chi connectivity index (χ2n) is 4.41. The molecule has 0 aliphatic carbocycles. The molecule has 18 heavy (non-hydrogen) atoms. The fourth-order valence-electron chi connectivity index (χ4n) is 1.33. The highest BCUT2D eigenvalue weighted by Gasteiger charge is 2.12. The van der Waals surface area contributed by atoms with Crippen LogP contribution >= 0.6 is 0 Å². The molecule has 0 unspecified atom stereocenters. The molecule has 0 atom stereocenters. The van der Waals surface area contributed by atoms with Gasteiger partial charge in [0.2, 0.25) is 0 Å². The molecular formula is C13H21N3O2. The van der Waals surface area contributed by atoms with Crippen LogP contribution in [0.5, 0.6) is 5.75 Å². The van der Waals surface area contributed by atoms with E-state index in [0.29, 0.717) is 12.3 Å². The topological polar surface area (TPSA) is 68.5 Å². The molecule has 1 amide bonds. The van der Waals surface area contributed by atoms with Gasteiger partial charge in [-0.25, -0.2) is 0 Å². The molecule has 1 rings (SSSR count). The van der Waals surface area contributed by atoms with Gasteiger partial charge < -0.3 is 15.4 Å². The molecule has 5 heteroatoms. The molecule has 100 valence electrons. The first-order valence-corrected chi connectivity index (χ1v) is 6.08. The minimum atomic E-state index is -0.0453. The maximum atomic E-state index is 11.7. The van der Waals surface area contributed by atoms with E-state index in [0.717, 1.165) is 12.1 Å². The van der Waals surface area contributed by atoms with Crippen molar-refractivity contribution in [2.45, 2.75) is 26.3 Å². The predicted octanol–water partition coefficient (Wildman–Crippen LogP) is 0.828. The second-order valence-corrected chi connectivity index (χ2v) is 4.41. The molecule has 0 radical (unpaired) electrons. The van der Waals surface area contributed by atoms with Crippen LogP contribution in [0.3, 0.4) is 0 Å². The summed E-state index contributed by atoms with van der Waals surface area (Å²) in [5.41, 5.74) is 6.36. The number of hydrogen-bond donors (Lipinski definition) is 1. The van der Waals surface area contributed by atoms with Crippen LogP contribution in [-0.2, 0) is 11.2 Å². The summed E-state index contributed by atoms with van der Waals surface area (Å²) in [6.07, 6.45) is 2.36. The first-order chi connectivity index (χ1) is 8.54. The van der Waals surface area contributed by atoms with E-state index in [1.165, 1.54) is 0 Å². The molecule has 0 aliphatic heterocycles. The van der Waals surface area contributed by atoms with E-state index in [4.69, 9.17) is 10.5 Å². The zero-order valence-corrected chi connectivity index (χ0v) is 11.2. The number of nitrogens with zero attached hydrogens (tertiary/aromatic N) is 2. The fraction of sp³-hybridized carbons (Fsp3) is 0.538. The number of likely N-dealkylation sites (N-methyl/N-ethyl adjacent to an activating group) is 1. The van der Waals surface area contributed by atoms with Gasteiger partial charge in [-0.1, -0.05) is 0 Å². The smallest absolute Gasteiger partial charge is 0.260 e. The van der Waals surface area contributed by atoms with Crippen LogP contribution < -0.4 is 10.5 Å². The van der Waals surface area contributed by atoms with E-state index in [2.05, 4.69) is 4.98 Å². The molecule has 2 N–H and O–H groups in total. The van der Waals surface area contributed by atoms with Gasteiger partial charge >= 0.3 is 0 Å². The molecule has 0 fully saturated rings. The van der Waals surface area contributed by atoms with Gasteiger partial charge in [0.15, 0.2) is 6.61 Å². The van der Waals surface area contributed by atoms with Gasteiger partial charge in [0.25, 0.3) is 5.91 Å². The number of nitrogens with two attached hydrogens (primary N) is 1. The summed E-state index contributed by atoms with van der Waals surface area (Å²) in [6.45, 7) is 4.53. The highest BCUT2D eigenvalue weighted by atomic mass is 16.5. The van der Waals surface area contributed by atoms with Crippen LogP contribution in [0.2, 0.25) is 0 Å². The van der Waals surface area contributed by atoms with Gasteiger partial charge in [0, 0.05) is 25.2 Å². The monoisotopic (exact) mass is 251 g/mol. The van der Waals surface area contributed by atoms with Crippen LogP contribution in [0, 0.1) is 0 Å². The van der Waals surface area contributed by atoms with Crippen LogP contribution in [0.1, 0.15) is 19.5 Å². The summed E-state index contributed by atoms with van der Waals surface area (Å²) >= 11 is 0. The van der Waals surface area contributed by atoms with Gasteiger partial charge in [-0.2, -0.15) is 0 Å². The number of carbonyl (C=O) groups excluding carboxylic acids is 1. The third kappa shape index (κ3) is 4.33. The van der Waals surface area contributed by atoms with E-state index in [9.17, 15) is 4.79 Å². The maximum Gasteiger partial charge on any atom is 0.260 e. The molecule has 1 heterocycles. The highest BCUT2D eigenvalue weighted by molar-refractivity contribution is 5.77. The third-order valence-corrected chi connectivity index (χ3v) is 2.73. The first kappa shape index (κ1) is 14.4. The van der Waals surface area contributed by atoms with Crippen LogP contribution in [0.25, 0.3) is 0 Å². The SMILES string of the molecule is CC(C)N(C)C(=O)COc1ccc(CCN)nc1. The summed E-state index contributed by atoms with van der Waals surface area (Å²) in [6, 6.07) is 3.84. The zero-order valence-electron chi connectivity index (χ0n) is 11.2. The Morgan fingerprint density at radius 3 is 2.72 bits per heavy atom. The summed E-state index contributed by atoms with van der Waals surface area (Å²) in [7, 11) is 1.76. The molecule has 0 aliphatic rings. The van der Waals surface area contributed by atoms with Gasteiger partial charge in [0.05, 0.1) is 6.20 Å². The lowest BCUT2D eigenvalue weighted by molar-refractivity contribution is -0.133. The Morgan fingerprint density at radius 2 is 2.22 bits per heavy atom. The molecule has 0 saturated carbocycles. The molecular weight excluding hydrogens is 230 g/mol. The molecule has 0 saturated heterocycles. The van der Waals surface area contributed by atoms with Gasteiger partial charge in [-0.05, 0) is 32.5 Å². The Labute approximate surface area is 108 Å². The summed E-state index contributed by atoms with van der Waals surface area (Å²) in [5, 5.41) is 0. The van der Waals surface area contributed by atoms with Gasteiger partial charge in [-0.15, -0.1) is 0 Å². The Balaban J connectivity index is 2.46. The molecule has 1 aromatic heterocycles.